The lowest BCUT2D eigenvalue weighted by atomic mass is 10.1. The number of ether oxygens (including phenoxy) is 1. The fourth-order valence-corrected chi connectivity index (χ4v) is 3.38. The number of carbonyl (C=O) groups is 1. The molecule has 0 N–H and O–H groups in total. The van der Waals surface area contributed by atoms with E-state index in [2.05, 4.69) is 9.97 Å². The number of halogens is 3. The Morgan fingerprint density at radius 2 is 1.97 bits per heavy atom. The van der Waals surface area contributed by atoms with Gasteiger partial charge in [-0.15, -0.1) is 0 Å². The van der Waals surface area contributed by atoms with Gasteiger partial charge in [0.05, 0.1) is 31.6 Å². The van der Waals surface area contributed by atoms with E-state index in [0.717, 1.165) is 22.4 Å². The van der Waals surface area contributed by atoms with Gasteiger partial charge >= 0.3 is 12.2 Å². The Morgan fingerprint density at radius 1 is 1.20 bits per heavy atom. The van der Waals surface area contributed by atoms with Crippen LogP contribution in [0.2, 0.25) is 0 Å². The molecule has 1 aliphatic heterocycles. The van der Waals surface area contributed by atoms with Gasteiger partial charge in [-0.25, -0.2) is 9.78 Å². The minimum Gasteiger partial charge on any atom is -0.493 e. The smallest absolute Gasteiger partial charge is 0.433 e. The molecule has 3 heterocycles. The predicted molar refractivity (Wildman–Crippen MR) is 102 cm³/mol. The molecule has 1 aliphatic rings. The van der Waals surface area contributed by atoms with Gasteiger partial charge in [-0.3, -0.25) is 14.8 Å². The van der Waals surface area contributed by atoms with E-state index in [1.54, 1.807) is 18.3 Å². The van der Waals surface area contributed by atoms with Crippen LogP contribution in [-0.2, 0) is 6.18 Å². The minimum absolute atomic E-state index is 0.00839. The van der Waals surface area contributed by atoms with Crippen LogP contribution in [0.4, 0.5) is 29.5 Å². The number of fused-ring (bicyclic) bond motifs is 1. The molecule has 30 heavy (non-hydrogen) atoms. The summed E-state index contributed by atoms with van der Waals surface area (Å²) in [7, 11) is 1.27. The van der Waals surface area contributed by atoms with E-state index in [1.165, 1.54) is 18.2 Å². The maximum absolute atomic E-state index is 13.2. The van der Waals surface area contributed by atoms with Crippen molar-refractivity contribution < 1.29 is 22.7 Å². The largest absolute Gasteiger partial charge is 0.493 e. The summed E-state index contributed by atoms with van der Waals surface area (Å²) in [6.07, 6.45) is -1.63. The molecular formula is C20H14F3N5O2. The number of amides is 2. The van der Waals surface area contributed by atoms with Crippen molar-refractivity contribution in [2.75, 3.05) is 23.5 Å². The number of carbonyl (C=O) groups excluding carboxylic acids is 1. The van der Waals surface area contributed by atoms with Crippen LogP contribution in [0.1, 0.15) is 5.69 Å². The van der Waals surface area contributed by atoms with Crippen molar-refractivity contribution in [2.45, 2.75) is 12.2 Å². The van der Waals surface area contributed by atoms with Crippen LogP contribution in [0.5, 0.6) is 5.75 Å². The standard InChI is InChI=1S/C20H14F3N5O2/c1-30-16-6-7-17(20(21,22)23)26-18(16)27-11-13(8-24)28(19(27)29)15-10-25-9-12-4-2-3-5-14(12)15/h2-7,9-10,13H,11H2,1H3/t13-/m1/s1. The van der Waals surface area contributed by atoms with Gasteiger partial charge in [0, 0.05) is 17.0 Å². The van der Waals surface area contributed by atoms with Crippen LogP contribution in [0.3, 0.4) is 0 Å². The maximum atomic E-state index is 13.2. The van der Waals surface area contributed by atoms with Gasteiger partial charge in [0.15, 0.2) is 11.6 Å². The molecule has 2 aromatic heterocycles. The molecule has 1 saturated heterocycles. The number of pyridine rings is 2. The highest BCUT2D eigenvalue weighted by atomic mass is 19.4. The molecule has 1 aromatic carbocycles. The molecule has 4 rings (SSSR count). The summed E-state index contributed by atoms with van der Waals surface area (Å²) in [5, 5.41) is 11.1. The van der Waals surface area contributed by atoms with Crippen molar-refractivity contribution in [3.63, 3.8) is 0 Å². The summed E-state index contributed by atoms with van der Waals surface area (Å²) in [6.45, 7) is -0.177. The molecule has 7 nitrogen and oxygen atoms in total. The number of hydrogen-bond acceptors (Lipinski definition) is 5. The van der Waals surface area contributed by atoms with Gasteiger partial charge in [-0.05, 0) is 12.1 Å². The third-order valence-corrected chi connectivity index (χ3v) is 4.77. The van der Waals surface area contributed by atoms with E-state index in [-0.39, 0.29) is 18.1 Å². The first kappa shape index (κ1) is 19.4. The number of urea groups is 1. The van der Waals surface area contributed by atoms with E-state index in [0.29, 0.717) is 11.1 Å². The van der Waals surface area contributed by atoms with Crippen molar-refractivity contribution in [1.82, 2.24) is 9.97 Å². The first-order chi connectivity index (χ1) is 14.3. The van der Waals surface area contributed by atoms with Gasteiger partial charge < -0.3 is 4.74 Å². The predicted octanol–water partition coefficient (Wildman–Crippen LogP) is 4.00. The average molecular weight is 413 g/mol. The Balaban J connectivity index is 1.82. The number of alkyl halides is 3. The maximum Gasteiger partial charge on any atom is 0.433 e. The number of benzene rings is 1. The SMILES string of the molecule is COc1ccc(C(F)(F)F)nc1N1C[C@@H](C#N)N(c2cncc3ccccc23)C1=O. The number of aromatic nitrogens is 2. The highest BCUT2D eigenvalue weighted by Crippen LogP contribution is 2.38. The van der Waals surface area contributed by atoms with E-state index in [9.17, 15) is 23.2 Å². The molecule has 0 bridgehead atoms. The van der Waals surface area contributed by atoms with E-state index in [1.807, 2.05) is 18.2 Å². The Labute approximate surface area is 168 Å². The second-order valence-corrected chi connectivity index (χ2v) is 6.51. The van der Waals surface area contributed by atoms with Crippen molar-refractivity contribution in [3.05, 3.63) is 54.5 Å². The zero-order valence-corrected chi connectivity index (χ0v) is 15.6. The topological polar surface area (TPSA) is 82.3 Å². The van der Waals surface area contributed by atoms with Crippen molar-refractivity contribution >= 4 is 28.3 Å². The molecule has 0 radical (unpaired) electrons. The van der Waals surface area contributed by atoms with Crippen LogP contribution < -0.4 is 14.5 Å². The summed E-state index contributed by atoms with van der Waals surface area (Å²) in [5.41, 5.74) is -0.775. The van der Waals surface area contributed by atoms with E-state index in [4.69, 9.17) is 4.74 Å². The Morgan fingerprint density at radius 3 is 2.67 bits per heavy atom. The molecule has 152 valence electrons. The Hall–Kier alpha value is -3.87. The molecule has 0 unspecified atom stereocenters. The van der Waals surface area contributed by atoms with E-state index >= 15 is 0 Å². The molecule has 0 aliphatic carbocycles. The van der Waals surface area contributed by atoms with Crippen LogP contribution in [0, 0.1) is 11.3 Å². The number of nitriles is 1. The zero-order chi connectivity index (χ0) is 21.5. The normalized spacial score (nSPS) is 16.8. The van der Waals surface area contributed by atoms with Gasteiger partial charge in [-0.1, -0.05) is 24.3 Å². The van der Waals surface area contributed by atoms with Crippen LogP contribution >= 0.6 is 0 Å². The number of nitrogens with zero attached hydrogens (tertiary/aromatic N) is 5. The molecular weight excluding hydrogens is 399 g/mol. The third-order valence-electron chi connectivity index (χ3n) is 4.77. The van der Waals surface area contributed by atoms with Gasteiger partial charge in [-0.2, -0.15) is 18.4 Å². The fourth-order valence-electron chi connectivity index (χ4n) is 3.38. The van der Waals surface area contributed by atoms with Crippen molar-refractivity contribution in [1.29, 1.82) is 5.26 Å². The number of hydrogen-bond donors (Lipinski definition) is 0. The minimum atomic E-state index is -4.70. The second kappa shape index (κ2) is 7.18. The van der Waals surface area contributed by atoms with Crippen molar-refractivity contribution in [2.24, 2.45) is 0 Å². The lowest BCUT2D eigenvalue weighted by molar-refractivity contribution is -0.141. The summed E-state index contributed by atoms with van der Waals surface area (Å²) in [6, 6.07) is 9.44. The molecule has 0 saturated carbocycles. The third kappa shape index (κ3) is 3.14. The van der Waals surface area contributed by atoms with Gasteiger partial charge in [0.2, 0.25) is 0 Å². The highest BCUT2D eigenvalue weighted by Gasteiger charge is 2.43. The summed E-state index contributed by atoms with van der Waals surface area (Å²) >= 11 is 0. The van der Waals surface area contributed by atoms with Gasteiger partial charge in [0.1, 0.15) is 11.7 Å². The molecule has 10 heteroatoms. The Kier molecular flexibility index (Phi) is 4.66. The number of anilines is 2. The number of methoxy groups -OCH3 is 1. The molecule has 1 fully saturated rings. The van der Waals surface area contributed by atoms with E-state index < -0.39 is 23.9 Å². The molecule has 2 amide bonds. The lowest BCUT2D eigenvalue weighted by Gasteiger charge is -2.21. The average Bonchev–Trinajstić information content (AvgIpc) is 3.08. The highest BCUT2D eigenvalue weighted by molar-refractivity contribution is 6.11. The van der Waals surface area contributed by atoms with Crippen LogP contribution in [-0.4, -0.2) is 35.7 Å². The lowest BCUT2D eigenvalue weighted by Crippen LogP contribution is -2.35. The Bertz CT molecular complexity index is 1170. The fraction of sp³-hybridized carbons (Fsp3) is 0.200. The zero-order valence-electron chi connectivity index (χ0n) is 15.6. The quantitative estimate of drug-likeness (QED) is 0.648. The molecule has 1 atom stereocenters. The molecule has 3 aromatic rings. The molecule has 0 spiro atoms. The second-order valence-electron chi connectivity index (χ2n) is 6.51. The first-order valence-electron chi connectivity index (χ1n) is 8.80. The summed E-state index contributed by atoms with van der Waals surface area (Å²) < 4.78 is 44.6. The van der Waals surface area contributed by atoms with Crippen LogP contribution in [0.25, 0.3) is 10.8 Å². The first-order valence-corrected chi connectivity index (χ1v) is 8.80. The summed E-state index contributed by atoms with van der Waals surface area (Å²) in [5.74, 6) is -0.306. The van der Waals surface area contributed by atoms with Gasteiger partial charge in [0.25, 0.3) is 0 Å². The summed E-state index contributed by atoms with van der Waals surface area (Å²) in [4.78, 5) is 23.2. The van der Waals surface area contributed by atoms with Crippen molar-refractivity contribution in [3.8, 4) is 11.8 Å². The monoisotopic (exact) mass is 413 g/mol. The van der Waals surface area contributed by atoms with Crippen LogP contribution in [0.15, 0.2) is 48.8 Å². The number of rotatable bonds is 3.